The minimum Gasteiger partial charge on any atom is -0.443 e. The van der Waals surface area contributed by atoms with Gasteiger partial charge in [-0.3, -0.25) is 4.57 Å². The van der Waals surface area contributed by atoms with Gasteiger partial charge in [-0.1, -0.05) is 18.2 Å². The minimum absolute atomic E-state index is 0.218. The Morgan fingerprint density at radius 2 is 2.00 bits per heavy atom. The van der Waals surface area contributed by atoms with Gasteiger partial charge in [-0.25, -0.2) is 4.79 Å². The van der Waals surface area contributed by atoms with Gasteiger partial charge >= 0.3 is 13.2 Å². The van der Waals surface area contributed by atoms with Gasteiger partial charge < -0.3 is 14.0 Å². The maximum Gasteiger partial charge on any atom is 0.526 e. The molecule has 0 bridgehead atoms. The van der Waals surface area contributed by atoms with Gasteiger partial charge in [0.2, 0.25) is 0 Å². The molecule has 1 aromatic carbocycles. The fourth-order valence-corrected chi connectivity index (χ4v) is 2.01. The molecule has 0 saturated heterocycles. The van der Waals surface area contributed by atoms with Gasteiger partial charge in [0.25, 0.3) is 0 Å². The van der Waals surface area contributed by atoms with Crippen molar-refractivity contribution in [3.8, 4) is 0 Å². The average molecular weight is 296 g/mol. The fourth-order valence-electron chi connectivity index (χ4n) is 1.91. The molecule has 1 N–H and O–H groups in total. The van der Waals surface area contributed by atoms with E-state index >= 15 is 0 Å². The number of ether oxygens (including phenoxy) is 1. The summed E-state index contributed by atoms with van der Waals surface area (Å²) >= 11 is 5.21. The molecule has 1 aromatic heterocycles. The second-order valence-corrected chi connectivity index (χ2v) is 5.56. The first-order valence-corrected chi connectivity index (χ1v) is 6.43. The van der Waals surface area contributed by atoms with Crippen LogP contribution in [-0.4, -0.2) is 28.4 Å². The summed E-state index contributed by atoms with van der Waals surface area (Å²) in [6, 6.07) is 8.83. The standard InChI is InChI=1S/C13H15BClNO4/c1-13(2,3)19-12(17)16-10-7-5-4-6-9(10)8-11(16)14(18)20-15/h4-8,18H,1-3H3. The van der Waals surface area contributed by atoms with Crippen LogP contribution in [0.1, 0.15) is 20.8 Å². The van der Waals surface area contributed by atoms with Crippen molar-refractivity contribution < 1.29 is 18.8 Å². The van der Waals surface area contributed by atoms with Crippen molar-refractivity contribution >= 4 is 41.6 Å². The number of hydrogen-bond acceptors (Lipinski definition) is 4. The van der Waals surface area contributed by atoms with Crippen molar-refractivity contribution in [2.45, 2.75) is 26.4 Å². The lowest BCUT2D eigenvalue weighted by Crippen LogP contribution is -2.41. The molecule has 0 aliphatic heterocycles. The molecule has 0 spiro atoms. The van der Waals surface area contributed by atoms with E-state index in [1.807, 2.05) is 12.1 Å². The lowest BCUT2D eigenvalue weighted by molar-refractivity contribution is 0.0548. The second-order valence-electron chi connectivity index (χ2n) is 5.39. The Morgan fingerprint density at radius 1 is 1.35 bits per heavy atom. The first kappa shape index (κ1) is 14.9. The first-order chi connectivity index (χ1) is 9.33. The van der Waals surface area contributed by atoms with Crippen LogP contribution in [0.4, 0.5) is 4.79 Å². The Kier molecular flexibility index (Phi) is 4.08. The zero-order chi connectivity index (χ0) is 14.9. The molecule has 0 aliphatic carbocycles. The van der Waals surface area contributed by atoms with E-state index in [1.54, 1.807) is 39.0 Å². The third-order valence-corrected chi connectivity index (χ3v) is 2.82. The molecular weight excluding hydrogens is 280 g/mol. The summed E-state index contributed by atoms with van der Waals surface area (Å²) in [5, 5.41) is 10.6. The van der Waals surface area contributed by atoms with Crippen molar-refractivity contribution in [1.29, 1.82) is 0 Å². The highest BCUT2D eigenvalue weighted by Crippen LogP contribution is 2.17. The van der Waals surface area contributed by atoms with Crippen molar-refractivity contribution in [3.05, 3.63) is 30.3 Å². The number of rotatable bonds is 2. The average Bonchev–Trinajstić information content (AvgIpc) is 2.75. The smallest absolute Gasteiger partial charge is 0.443 e. The van der Waals surface area contributed by atoms with Gasteiger partial charge in [0.15, 0.2) is 0 Å². The van der Waals surface area contributed by atoms with E-state index in [0.29, 0.717) is 5.52 Å². The summed E-state index contributed by atoms with van der Waals surface area (Å²) in [6.07, 6.45) is -0.596. The van der Waals surface area contributed by atoms with E-state index in [0.717, 1.165) is 5.39 Å². The van der Waals surface area contributed by atoms with Gasteiger partial charge in [0.1, 0.15) is 5.60 Å². The van der Waals surface area contributed by atoms with E-state index in [2.05, 4.69) is 4.21 Å². The number of aromatic nitrogens is 1. The lowest BCUT2D eigenvalue weighted by Gasteiger charge is -2.21. The number of carbonyl (C=O) groups excluding carboxylic acids is 1. The molecule has 2 rings (SSSR count). The lowest BCUT2D eigenvalue weighted by atomic mass is 9.86. The molecular formula is C13H15BClNO4. The molecule has 0 saturated carbocycles. The normalized spacial score (nSPS) is 11.7. The molecule has 0 amide bonds. The van der Waals surface area contributed by atoms with Crippen molar-refractivity contribution in [2.24, 2.45) is 0 Å². The quantitative estimate of drug-likeness (QED) is 0.864. The van der Waals surface area contributed by atoms with Crippen LogP contribution in [0.5, 0.6) is 0 Å². The zero-order valence-corrected chi connectivity index (χ0v) is 12.2. The first-order valence-electron chi connectivity index (χ1n) is 6.12. The van der Waals surface area contributed by atoms with E-state index in [4.69, 9.17) is 16.6 Å². The molecule has 0 radical (unpaired) electrons. The summed E-state index contributed by atoms with van der Waals surface area (Å²) in [7, 11) is -1.42. The predicted molar refractivity (Wildman–Crippen MR) is 78.1 cm³/mol. The predicted octanol–water partition coefficient (Wildman–Crippen LogP) is 2.28. The van der Waals surface area contributed by atoms with Gasteiger partial charge in [-0.2, -0.15) is 0 Å². The van der Waals surface area contributed by atoms with E-state index in [-0.39, 0.29) is 5.59 Å². The van der Waals surface area contributed by atoms with E-state index < -0.39 is 18.8 Å². The van der Waals surface area contributed by atoms with Crippen LogP contribution in [-0.2, 0) is 8.94 Å². The third-order valence-electron chi connectivity index (χ3n) is 2.65. The number of nitrogens with zero attached hydrogens (tertiary/aromatic N) is 1. The second kappa shape index (κ2) is 5.48. The Balaban J connectivity index is 2.56. The Labute approximate surface area is 122 Å². The van der Waals surface area contributed by atoms with Gasteiger partial charge in [-0.15, -0.1) is 0 Å². The van der Waals surface area contributed by atoms with E-state index in [9.17, 15) is 9.82 Å². The van der Waals surface area contributed by atoms with Crippen LogP contribution in [0, 0.1) is 0 Å². The molecule has 2 aromatic rings. The molecule has 1 heterocycles. The molecule has 7 heteroatoms. The van der Waals surface area contributed by atoms with Gasteiger partial charge in [0, 0.05) is 11.9 Å². The Morgan fingerprint density at radius 3 is 2.60 bits per heavy atom. The molecule has 0 fully saturated rings. The number of benzene rings is 1. The highest BCUT2D eigenvalue weighted by molar-refractivity contribution is 6.63. The van der Waals surface area contributed by atoms with Crippen LogP contribution in [0.2, 0.25) is 0 Å². The number of hydrogen-bond donors (Lipinski definition) is 1. The summed E-state index contributed by atoms with van der Waals surface area (Å²) in [6.45, 7) is 5.31. The molecule has 0 atom stereocenters. The van der Waals surface area contributed by atoms with Crippen LogP contribution < -0.4 is 5.59 Å². The maximum absolute atomic E-state index is 12.3. The maximum atomic E-state index is 12.3. The molecule has 0 aliphatic rings. The van der Waals surface area contributed by atoms with Crippen LogP contribution in [0.15, 0.2) is 30.3 Å². The minimum atomic E-state index is -1.42. The van der Waals surface area contributed by atoms with Gasteiger partial charge in [-0.05, 0) is 38.3 Å². The van der Waals surface area contributed by atoms with Crippen LogP contribution >= 0.6 is 11.9 Å². The van der Waals surface area contributed by atoms with Gasteiger partial charge in [0.05, 0.1) is 11.1 Å². The van der Waals surface area contributed by atoms with E-state index in [1.165, 1.54) is 4.57 Å². The Hall–Kier alpha value is -1.50. The highest BCUT2D eigenvalue weighted by atomic mass is 35.5. The third kappa shape index (κ3) is 2.98. The number of carbonyl (C=O) groups is 1. The van der Waals surface area contributed by atoms with Crippen LogP contribution in [0.3, 0.4) is 0 Å². The number of fused-ring (bicyclic) bond motifs is 1. The summed E-state index contributed by atoms with van der Waals surface area (Å²) in [5.74, 6) is 0. The monoisotopic (exact) mass is 295 g/mol. The Bertz CT molecular complexity index is 635. The fraction of sp³-hybridized carbons (Fsp3) is 0.308. The van der Waals surface area contributed by atoms with Crippen LogP contribution in [0.25, 0.3) is 10.9 Å². The zero-order valence-electron chi connectivity index (χ0n) is 11.5. The summed E-state index contributed by atoms with van der Waals surface area (Å²) in [4.78, 5) is 12.3. The molecule has 106 valence electrons. The largest absolute Gasteiger partial charge is 0.526 e. The van der Waals surface area contributed by atoms with Crippen molar-refractivity contribution in [2.75, 3.05) is 0 Å². The summed E-state index contributed by atoms with van der Waals surface area (Å²) < 4.78 is 11.0. The SMILES string of the molecule is CC(C)(C)OC(=O)n1c(B(O)OCl)cc2ccccc21. The van der Waals surface area contributed by atoms with Crippen molar-refractivity contribution in [1.82, 2.24) is 4.57 Å². The molecule has 20 heavy (non-hydrogen) atoms. The number of para-hydroxylation sites is 1. The molecule has 5 nitrogen and oxygen atoms in total. The number of halogens is 1. The highest BCUT2D eigenvalue weighted by Gasteiger charge is 2.28. The van der Waals surface area contributed by atoms with Crippen molar-refractivity contribution in [3.63, 3.8) is 0 Å². The molecule has 0 unspecified atom stereocenters. The topological polar surface area (TPSA) is 60.7 Å². The summed E-state index contributed by atoms with van der Waals surface area (Å²) in [5.41, 5.74) is 0.187.